The van der Waals surface area contributed by atoms with E-state index in [9.17, 15) is 0 Å². The lowest BCUT2D eigenvalue weighted by atomic mass is 10.00. The molecule has 7 heteroatoms. The molecular formula is C22H35IN6. The third kappa shape index (κ3) is 6.69. The first-order valence-corrected chi connectivity index (χ1v) is 10.5. The van der Waals surface area contributed by atoms with E-state index in [0.29, 0.717) is 12.5 Å². The van der Waals surface area contributed by atoms with Gasteiger partial charge in [-0.2, -0.15) is 0 Å². The predicted octanol–water partition coefficient (Wildman–Crippen LogP) is 4.25. The number of aryl methyl sites for hydroxylation is 1. The zero-order valence-electron chi connectivity index (χ0n) is 18.1. The Morgan fingerprint density at radius 1 is 1.10 bits per heavy atom. The van der Waals surface area contributed by atoms with Crippen LogP contribution in [0.25, 0.3) is 0 Å². The second-order valence-electron chi connectivity index (χ2n) is 8.13. The largest absolute Gasteiger partial charge is 0.350 e. The maximum absolute atomic E-state index is 4.38. The molecule has 1 aliphatic heterocycles. The SMILES string of the molecule is CN=C(NCc1nnc2n1CCCCC2)NC(C)c1ccc(CC(C)C)cc1.I. The van der Waals surface area contributed by atoms with Crippen molar-refractivity contribution < 1.29 is 0 Å². The molecule has 2 N–H and O–H groups in total. The smallest absolute Gasteiger partial charge is 0.191 e. The fourth-order valence-corrected chi connectivity index (χ4v) is 3.74. The molecule has 1 atom stereocenters. The topological polar surface area (TPSA) is 67.1 Å². The van der Waals surface area contributed by atoms with Crippen LogP contribution in [0.15, 0.2) is 29.3 Å². The van der Waals surface area contributed by atoms with E-state index in [1.807, 2.05) is 0 Å². The number of benzene rings is 1. The van der Waals surface area contributed by atoms with Gasteiger partial charge in [0.25, 0.3) is 0 Å². The van der Waals surface area contributed by atoms with Gasteiger partial charge in [0.05, 0.1) is 12.6 Å². The average Bonchev–Trinajstić information content (AvgIpc) is 2.91. The Morgan fingerprint density at radius 2 is 1.86 bits per heavy atom. The molecular weight excluding hydrogens is 475 g/mol. The summed E-state index contributed by atoms with van der Waals surface area (Å²) in [5.41, 5.74) is 2.65. The monoisotopic (exact) mass is 510 g/mol. The highest BCUT2D eigenvalue weighted by Crippen LogP contribution is 2.16. The van der Waals surface area contributed by atoms with Crippen molar-refractivity contribution in [1.82, 2.24) is 25.4 Å². The van der Waals surface area contributed by atoms with E-state index in [0.717, 1.165) is 37.0 Å². The summed E-state index contributed by atoms with van der Waals surface area (Å²) in [6.45, 7) is 8.31. The van der Waals surface area contributed by atoms with Gasteiger partial charge in [0.2, 0.25) is 0 Å². The highest BCUT2D eigenvalue weighted by atomic mass is 127. The molecule has 2 heterocycles. The maximum Gasteiger partial charge on any atom is 0.191 e. The van der Waals surface area contributed by atoms with Crippen LogP contribution in [0.4, 0.5) is 0 Å². The summed E-state index contributed by atoms with van der Waals surface area (Å²) in [6.07, 6.45) is 5.84. The molecule has 0 radical (unpaired) electrons. The number of aromatic nitrogens is 3. The van der Waals surface area contributed by atoms with Crippen LogP contribution in [0, 0.1) is 5.92 Å². The van der Waals surface area contributed by atoms with E-state index in [2.05, 4.69) is 75.4 Å². The van der Waals surface area contributed by atoms with Crippen LogP contribution >= 0.6 is 24.0 Å². The molecule has 0 saturated heterocycles. The van der Waals surface area contributed by atoms with Crippen molar-refractivity contribution in [3.63, 3.8) is 0 Å². The fraction of sp³-hybridized carbons (Fsp3) is 0.591. The Morgan fingerprint density at radius 3 is 2.55 bits per heavy atom. The van der Waals surface area contributed by atoms with Crippen LogP contribution in [-0.2, 0) is 25.9 Å². The molecule has 29 heavy (non-hydrogen) atoms. The number of nitrogens with one attached hydrogen (secondary N) is 2. The van der Waals surface area contributed by atoms with Gasteiger partial charge in [-0.25, -0.2) is 0 Å². The van der Waals surface area contributed by atoms with Gasteiger partial charge in [-0.3, -0.25) is 4.99 Å². The third-order valence-electron chi connectivity index (χ3n) is 5.30. The number of guanidine groups is 1. The van der Waals surface area contributed by atoms with Crippen LogP contribution in [0.1, 0.15) is 68.9 Å². The van der Waals surface area contributed by atoms with Crippen LogP contribution < -0.4 is 10.6 Å². The first-order chi connectivity index (χ1) is 13.6. The van der Waals surface area contributed by atoms with Gasteiger partial charge in [-0.1, -0.05) is 44.5 Å². The molecule has 6 nitrogen and oxygen atoms in total. The number of nitrogens with zero attached hydrogens (tertiary/aromatic N) is 4. The van der Waals surface area contributed by atoms with E-state index < -0.39 is 0 Å². The zero-order valence-corrected chi connectivity index (χ0v) is 20.4. The van der Waals surface area contributed by atoms with Crippen molar-refractivity contribution in [2.75, 3.05) is 7.05 Å². The molecule has 2 aromatic rings. The molecule has 1 aliphatic rings. The van der Waals surface area contributed by atoms with Gasteiger partial charge >= 0.3 is 0 Å². The summed E-state index contributed by atoms with van der Waals surface area (Å²) in [5, 5.41) is 15.6. The van der Waals surface area contributed by atoms with Crippen molar-refractivity contribution in [2.45, 2.75) is 72.0 Å². The van der Waals surface area contributed by atoms with Crippen LogP contribution in [0.5, 0.6) is 0 Å². The summed E-state index contributed by atoms with van der Waals surface area (Å²) in [7, 11) is 1.80. The number of halogens is 1. The Balaban J connectivity index is 0.00000300. The molecule has 0 spiro atoms. The molecule has 0 bridgehead atoms. The van der Waals surface area contributed by atoms with Crippen LogP contribution in [0.3, 0.4) is 0 Å². The minimum absolute atomic E-state index is 0. The van der Waals surface area contributed by atoms with Crippen LogP contribution in [-0.4, -0.2) is 27.8 Å². The summed E-state index contributed by atoms with van der Waals surface area (Å²) in [6, 6.07) is 9.06. The van der Waals surface area contributed by atoms with Crippen molar-refractivity contribution in [1.29, 1.82) is 0 Å². The molecule has 0 fully saturated rings. The second-order valence-corrected chi connectivity index (χ2v) is 8.13. The Labute approximate surface area is 192 Å². The van der Waals surface area contributed by atoms with Crippen molar-refractivity contribution in [3.8, 4) is 0 Å². The molecule has 3 rings (SSSR count). The summed E-state index contributed by atoms with van der Waals surface area (Å²) >= 11 is 0. The summed E-state index contributed by atoms with van der Waals surface area (Å²) in [5.74, 6) is 3.57. The molecule has 1 unspecified atom stereocenters. The van der Waals surface area contributed by atoms with Gasteiger partial charge in [-0.05, 0) is 43.2 Å². The zero-order chi connectivity index (χ0) is 19.9. The number of aliphatic imine (C=N–C) groups is 1. The van der Waals surface area contributed by atoms with E-state index in [1.54, 1.807) is 7.05 Å². The first-order valence-electron chi connectivity index (χ1n) is 10.5. The number of hydrogen-bond donors (Lipinski definition) is 2. The molecule has 0 saturated carbocycles. The minimum atomic E-state index is 0. The number of fused-ring (bicyclic) bond motifs is 1. The third-order valence-corrected chi connectivity index (χ3v) is 5.30. The van der Waals surface area contributed by atoms with E-state index in [1.165, 1.54) is 30.4 Å². The maximum atomic E-state index is 4.38. The standard InChI is InChI=1S/C22H34N6.HI/c1-16(2)14-18-9-11-19(12-10-18)17(3)25-22(23-4)24-15-21-27-26-20-8-6-5-7-13-28(20)21;/h9-12,16-17H,5-8,13-15H2,1-4H3,(H2,23,24,25);1H. The molecule has 160 valence electrons. The van der Waals surface area contributed by atoms with Gasteiger partial charge in [-0.15, -0.1) is 34.2 Å². The highest BCUT2D eigenvalue weighted by Gasteiger charge is 2.15. The Bertz CT molecular complexity index is 781. The number of hydrogen-bond acceptors (Lipinski definition) is 3. The Hall–Kier alpha value is -1.64. The quantitative estimate of drug-likeness (QED) is 0.347. The molecule has 1 aromatic heterocycles. The molecule has 1 aromatic carbocycles. The van der Waals surface area contributed by atoms with E-state index in [4.69, 9.17) is 0 Å². The lowest BCUT2D eigenvalue weighted by Gasteiger charge is -2.19. The molecule has 0 aliphatic carbocycles. The first kappa shape index (κ1) is 23.6. The van der Waals surface area contributed by atoms with E-state index >= 15 is 0 Å². The summed E-state index contributed by atoms with van der Waals surface area (Å²) < 4.78 is 2.27. The lowest BCUT2D eigenvalue weighted by Crippen LogP contribution is -2.38. The van der Waals surface area contributed by atoms with Crippen molar-refractivity contribution in [3.05, 3.63) is 47.0 Å². The predicted molar refractivity (Wildman–Crippen MR) is 130 cm³/mol. The van der Waals surface area contributed by atoms with Gasteiger partial charge < -0.3 is 15.2 Å². The average molecular weight is 510 g/mol. The molecule has 0 amide bonds. The second kappa shape index (κ2) is 11.5. The van der Waals surface area contributed by atoms with Gasteiger partial charge in [0.15, 0.2) is 11.8 Å². The lowest BCUT2D eigenvalue weighted by molar-refractivity contribution is 0.593. The van der Waals surface area contributed by atoms with E-state index in [-0.39, 0.29) is 30.0 Å². The van der Waals surface area contributed by atoms with Crippen molar-refractivity contribution >= 4 is 29.9 Å². The van der Waals surface area contributed by atoms with Crippen LogP contribution in [0.2, 0.25) is 0 Å². The normalized spacial score (nSPS) is 15.3. The van der Waals surface area contributed by atoms with Gasteiger partial charge in [0, 0.05) is 20.0 Å². The minimum Gasteiger partial charge on any atom is -0.350 e. The number of rotatable bonds is 6. The van der Waals surface area contributed by atoms with Crippen molar-refractivity contribution in [2.24, 2.45) is 10.9 Å². The highest BCUT2D eigenvalue weighted by molar-refractivity contribution is 14.0. The summed E-state index contributed by atoms with van der Waals surface area (Å²) in [4.78, 5) is 4.38. The fourth-order valence-electron chi connectivity index (χ4n) is 3.74. The van der Waals surface area contributed by atoms with Gasteiger partial charge in [0.1, 0.15) is 5.82 Å². The Kier molecular flexibility index (Phi) is 9.39.